The van der Waals surface area contributed by atoms with Crippen molar-refractivity contribution in [2.45, 2.75) is 78.3 Å². The van der Waals surface area contributed by atoms with E-state index in [-0.39, 0.29) is 45.1 Å². The van der Waals surface area contributed by atoms with E-state index in [0.717, 1.165) is 86.0 Å². The first-order chi connectivity index (χ1) is 32.1. The zero-order valence-electron chi connectivity index (χ0n) is 36.7. The van der Waals surface area contributed by atoms with Gasteiger partial charge in [0.2, 0.25) is 11.8 Å². The van der Waals surface area contributed by atoms with E-state index in [9.17, 15) is 20.7 Å². The molecule has 66 heavy (non-hydrogen) atoms. The van der Waals surface area contributed by atoms with Gasteiger partial charge in [-0.1, -0.05) is 36.4 Å². The number of pyridine rings is 3. The SMILES string of the molecule is Cc1c(COc2cc(OCc3cncc(C#N)c3)c(CN3CC[C@H]3CO)cc2Br)cccc1-c1cccc(COc2nc(OCc3cncc(C#N)c3)c(CN3CC[C@H]3CO)cc2Br)c1C. The molecule has 3 aromatic heterocycles. The van der Waals surface area contributed by atoms with E-state index in [1.165, 1.54) is 12.4 Å². The first-order valence-corrected chi connectivity index (χ1v) is 23.3. The second-order valence-electron chi connectivity index (χ2n) is 16.5. The third-order valence-electron chi connectivity index (χ3n) is 12.3. The maximum atomic E-state index is 9.85. The number of aliphatic hydroxyl groups is 2. The Balaban J connectivity index is 0.986. The van der Waals surface area contributed by atoms with Gasteiger partial charge in [0, 0.05) is 91.4 Å². The van der Waals surface area contributed by atoms with Crippen LogP contribution in [0.4, 0.5) is 0 Å². The molecule has 5 heterocycles. The van der Waals surface area contributed by atoms with Gasteiger partial charge in [-0.25, -0.2) is 0 Å². The molecule has 2 fully saturated rings. The Bertz CT molecular complexity index is 2600. The lowest BCUT2D eigenvalue weighted by Crippen LogP contribution is -2.49. The predicted molar refractivity (Wildman–Crippen MR) is 254 cm³/mol. The van der Waals surface area contributed by atoms with E-state index < -0.39 is 0 Å². The van der Waals surface area contributed by atoms with Gasteiger partial charge in [-0.15, -0.1) is 0 Å². The van der Waals surface area contributed by atoms with Crippen LogP contribution in [0.3, 0.4) is 0 Å². The van der Waals surface area contributed by atoms with Gasteiger partial charge in [-0.2, -0.15) is 15.5 Å². The molecule has 0 unspecified atom stereocenters. The van der Waals surface area contributed by atoms with Crippen molar-refractivity contribution in [3.63, 3.8) is 0 Å². The molecule has 2 N–H and O–H groups in total. The maximum absolute atomic E-state index is 9.85. The summed E-state index contributed by atoms with van der Waals surface area (Å²) in [5.41, 5.74) is 10.6. The summed E-state index contributed by atoms with van der Waals surface area (Å²) in [5, 5.41) is 38.4. The number of aliphatic hydroxyl groups excluding tert-OH is 2. The average Bonchev–Trinajstić information content (AvgIpc) is 3.31. The van der Waals surface area contributed by atoms with E-state index in [0.29, 0.717) is 58.6 Å². The van der Waals surface area contributed by atoms with Gasteiger partial charge < -0.3 is 29.2 Å². The number of halogens is 2. The van der Waals surface area contributed by atoms with E-state index in [2.05, 4.69) is 102 Å². The minimum absolute atomic E-state index is 0.0898. The number of aromatic nitrogens is 3. The molecule has 0 aliphatic carbocycles. The Morgan fingerprint density at radius 3 is 1.67 bits per heavy atom. The number of hydrogen-bond donors (Lipinski definition) is 2. The van der Waals surface area contributed by atoms with Crippen LogP contribution in [-0.2, 0) is 39.5 Å². The Labute approximate surface area is 401 Å². The third-order valence-corrected chi connectivity index (χ3v) is 13.5. The molecule has 15 heteroatoms. The van der Waals surface area contributed by atoms with Crippen LogP contribution in [0.25, 0.3) is 11.1 Å². The molecule has 2 aliphatic heterocycles. The molecule has 3 aromatic carbocycles. The molecule has 0 spiro atoms. The van der Waals surface area contributed by atoms with Crippen LogP contribution in [0.15, 0.2) is 100 Å². The van der Waals surface area contributed by atoms with Crippen LogP contribution in [0, 0.1) is 36.5 Å². The van der Waals surface area contributed by atoms with Gasteiger partial charge in [0.25, 0.3) is 0 Å². The van der Waals surface area contributed by atoms with Gasteiger partial charge in [0.05, 0.1) is 33.3 Å². The predicted octanol–water partition coefficient (Wildman–Crippen LogP) is 8.87. The van der Waals surface area contributed by atoms with Gasteiger partial charge in [0.1, 0.15) is 50.1 Å². The quantitative estimate of drug-likeness (QED) is 0.0790. The van der Waals surface area contributed by atoms with Crippen molar-refractivity contribution in [1.82, 2.24) is 24.8 Å². The molecule has 0 radical (unpaired) electrons. The monoisotopic (exact) mass is 1010 g/mol. The summed E-state index contributed by atoms with van der Waals surface area (Å²) >= 11 is 7.46. The maximum Gasteiger partial charge on any atom is 0.231 e. The summed E-state index contributed by atoms with van der Waals surface area (Å²) in [6.07, 6.45) is 8.29. The van der Waals surface area contributed by atoms with Crippen LogP contribution in [0.5, 0.6) is 23.3 Å². The summed E-state index contributed by atoms with van der Waals surface area (Å²) in [7, 11) is 0. The summed E-state index contributed by atoms with van der Waals surface area (Å²) in [6, 6.07) is 26.3. The van der Waals surface area contributed by atoms with Crippen molar-refractivity contribution in [3.05, 3.63) is 156 Å². The summed E-state index contributed by atoms with van der Waals surface area (Å²) in [4.78, 5) is 17.6. The topological polar surface area (TPSA) is 170 Å². The first kappa shape index (κ1) is 46.6. The van der Waals surface area contributed by atoms with E-state index in [1.54, 1.807) is 24.5 Å². The van der Waals surface area contributed by atoms with Gasteiger partial charge in [-0.05, 0) is 116 Å². The minimum atomic E-state index is 0.0898. The van der Waals surface area contributed by atoms with Crippen LogP contribution in [-0.4, -0.2) is 73.4 Å². The van der Waals surface area contributed by atoms with E-state index in [1.807, 2.05) is 30.3 Å². The van der Waals surface area contributed by atoms with E-state index >= 15 is 0 Å². The average molecular weight is 1020 g/mol. The van der Waals surface area contributed by atoms with E-state index in [4.69, 9.17) is 23.9 Å². The second-order valence-corrected chi connectivity index (χ2v) is 18.3. The smallest absolute Gasteiger partial charge is 0.231 e. The Morgan fingerprint density at radius 2 is 1.12 bits per heavy atom. The van der Waals surface area contributed by atoms with Gasteiger partial charge in [0.15, 0.2) is 0 Å². The second kappa shape index (κ2) is 21.6. The first-order valence-electron chi connectivity index (χ1n) is 21.7. The number of nitriles is 2. The fourth-order valence-corrected chi connectivity index (χ4v) is 9.15. The Hall–Kier alpha value is -5.91. The molecule has 0 bridgehead atoms. The molecule has 13 nitrogen and oxygen atoms in total. The third kappa shape index (κ3) is 10.9. The number of rotatable bonds is 19. The number of benzene rings is 3. The van der Waals surface area contributed by atoms with Crippen LogP contribution >= 0.6 is 31.9 Å². The molecule has 6 aromatic rings. The van der Waals surface area contributed by atoms with Crippen LogP contribution in [0.2, 0.25) is 0 Å². The summed E-state index contributed by atoms with van der Waals surface area (Å²) in [6.45, 7) is 8.29. The molecular weight excluding hydrogens is 966 g/mol. The molecule has 0 saturated carbocycles. The lowest BCUT2D eigenvalue weighted by Gasteiger charge is -2.40. The molecule has 0 amide bonds. The zero-order chi connectivity index (χ0) is 46.2. The molecule has 8 rings (SSSR count). The number of ether oxygens (including phenoxy) is 4. The fraction of sp³-hybridized carbons (Fsp3) is 0.314. The highest BCUT2D eigenvalue weighted by Gasteiger charge is 2.30. The molecule has 2 saturated heterocycles. The lowest BCUT2D eigenvalue weighted by molar-refractivity contribution is 0.0346. The largest absolute Gasteiger partial charge is 0.488 e. The zero-order valence-corrected chi connectivity index (χ0v) is 39.9. The molecule has 2 aliphatic rings. The van der Waals surface area contributed by atoms with Gasteiger partial charge in [-0.3, -0.25) is 19.8 Å². The highest BCUT2D eigenvalue weighted by atomic mass is 79.9. The molecular formula is C51H49Br2N7O6. The van der Waals surface area contributed by atoms with Crippen molar-refractivity contribution in [3.8, 4) is 46.5 Å². The van der Waals surface area contributed by atoms with Crippen molar-refractivity contribution in [2.75, 3.05) is 26.3 Å². The van der Waals surface area contributed by atoms with Crippen molar-refractivity contribution in [1.29, 1.82) is 10.5 Å². The Morgan fingerprint density at radius 1 is 0.606 bits per heavy atom. The molecule has 2 atom stereocenters. The fourth-order valence-electron chi connectivity index (χ4n) is 8.17. The Kier molecular flexibility index (Phi) is 15.3. The van der Waals surface area contributed by atoms with Crippen LogP contribution < -0.4 is 18.9 Å². The normalized spacial score (nSPS) is 15.8. The number of hydrogen-bond acceptors (Lipinski definition) is 13. The number of likely N-dealkylation sites (tertiary alicyclic amines) is 2. The molecule has 338 valence electrons. The highest BCUT2D eigenvalue weighted by Crippen LogP contribution is 2.38. The summed E-state index contributed by atoms with van der Waals surface area (Å²) < 4.78 is 27.1. The van der Waals surface area contributed by atoms with Crippen LogP contribution in [0.1, 0.15) is 68.5 Å². The summed E-state index contributed by atoms with van der Waals surface area (Å²) in [5.74, 6) is 2.08. The van der Waals surface area contributed by atoms with Gasteiger partial charge >= 0.3 is 0 Å². The van der Waals surface area contributed by atoms with Crippen molar-refractivity contribution < 1.29 is 29.2 Å². The van der Waals surface area contributed by atoms with Crippen molar-refractivity contribution in [2.24, 2.45) is 0 Å². The number of nitrogens with zero attached hydrogens (tertiary/aromatic N) is 7. The lowest BCUT2D eigenvalue weighted by atomic mass is 9.92. The standard InChI is InChI=1S/C51H49Br2N7O6/c1-32-38(30-64-49-17-48(63-28-36-13-34(18-54)20-56-22-36)40(15-46(49)52)24-59-11-9-42(59)26-61)5-3-7-44(32)45-8-4-6-39(33(45)2)31-66-51-47(53)16-41(25-60-12-10-43(60)27-62)50(58-51)65-29-37-14-35(19-55)21-57-23-37/h3-8,13-17,20-23,42-43,61-62H,9-12,24-31H2,1-2H3/t42-,43-/m0/s1. The highest BCUT2D eigenvalue weighted by molar-refractivity contribution is 9.11. The minimum Gasteiger partial charge on any atom is -0.488 e. The van der Waals surface area contributed by atoms with Crippen molar-refractivity contribution >= 4 is 31.9 Å².